The first-order valence-corrected chi connectivity index (χ1v) is 7.13. The van der Waals surface area contributed by atoms with Gasteiger partial charge in [-0.25, -0.2) is 9.37 Å². The maximum atomic E-state index is 13.1. The minimum absolute atomic E-state index is 0.0408. The van der Waals surface area contributed by atoms with E-state index in [1.807, 2.05) is 20.8 Å². The SMILES string of the molecule is CC(C)(C)C(=O)Nc1ccc(Nc2ccc(F)c(Cl)c2)nc1. The monoisotopic (exact) mass is 321 g/mol. The topological polar surface area (TPSA) is 54.0 Å². The van der Waals surface area contributed by atoms with Gasteiger partial charge in [-0.05, 0) is 30.3 Å². The van der Waals surface area contributed by atoms with Crippen molar-refractivity contribution >= 4 is 34.7 Å². The molecule has 1 heterocycles. The molecule has 0 saturated carbocycles. The van der Waals surface area contributed by atoms with Crippen LogP contribution in [0.1, 0.15) is 20.8 Å². The number of carbonyl (C=O) groups is 1. The smallest absolute Gasteiger partial charge is 0.229 e. The highest BCUT2D eigenvalue weighted by Gasteiger charge is 2.21. The number of benzene rings is 1. The lowest BCUT2D eigenvalue weighted by Crippen LogP contribution is -2.27. The fourth-order valence-electron chi connectivity index (χ4n) is 1.58. The van der Waals surface area contributed by atoms with Crippen molar-refractivity contribution in [3.8, 4) is 0 Å². The first-order valence-electron chi connectivity index (χ1n) is 6.75. The van der Waals surface area contributed by atoms with E-state index in [2.05, 4.69) is 15.6 Å². The molecular weight excluding hydrogens is 305 g/mol. The van der Waals surface area contributed by atoms with Gasteiger partial charge in [0.1, 0.15) is 11.6 Å². The third kappa shape index (κ3) is 4.18. The van der Waals surface area contributed by atoms with E-state index >= 15 is 0 Å². The van der Waals surface area contributed by atoms with Crippen LogP contribution in [0.5, 0.6) is 0 Å². The van der Waals surface area contributed by atoms with Crippen LogP contribution in [0.3, 0.4) is 0 Å². The highest BCUT2D eigenvalue weighted by molar-refractivity contribution is 6.31. The number of hydrogen-bond acceptors (Lipinski definition) is 3. The van der Waals surface area contributed by atoms with Gasteiger partial charge in [0.15, 0.2) is 0 Å². The van der Waals surface area contributed by atoms with Crippen molar-refractivity contribution in [2.45, 2.75) is 20.8 Å². The van der Waals surface area contributed by atoms with Gasteiger partial charge in [0, 0.05) is 11.1 Å². The van der Waals surface area contributed by atoms with Crippen LogP contribution in [0.4, 0.5) is 21.6 Å². The van der Waals surface area contributed by atoms with E-state index in [1.54, 1.807) is 24.4 Å². The van der Waals surface area contributed by atoms with Crippen molar-refractivity contribution in [3.05, 3.63) is 47.4 Å². The van der Waals surface area contributed by atoms with Gasteiger partial charge in [-0.3, -0.25) is 4.79 Å². The van der Waals surface area contributed by atoms with Crippen LogP contribution in [0.2, 0.25) is 5.02 Å². The van der Waals surface area contributed by atoms with E-state index in [9.17, 15) is 9.18 Å². The summed E-state index contributed by atoms with van der Waals surface area (Å²) < 4.78 is 13.1. The summed E-state index contributed by atoms with van der Waals surface area (Å²) in [5.74, 6) is 0.0113. The lowest BCUT2D eigenvalue weighted by atomic mass is 9.96. The van der Waals surface area contributed by atoms with Gasteiger partial charge < -0.3 is 10.6 Å². The summed E-state index contributed by atoms with van der Waals surface area (Å²) >= 11 is 5.72. The van der Waals surface area contributed by atoms with Crippen molar-refractivity contribution in [3.63, 3.8) is 0 Å². The fraction of sp³-hybridized carbons (Fsp3) is 0.250. The third-order valence-electron chi connectivity index (χ3n) is 2.89. The predicted octanol–water partition coefficient (Wildman–Crippen LogP) is 4.60. The average Bonchev–Trinajstić information content (AvgIpc) is 2.44. The van der Waals surface area contributed by atoms with Crippen molar-refractivity contribution in [2.24, 2.45) is 5.41 Å². The largest absolute Gasteiger partial charge is 0.340 e. The second-order valence-corrected chi connectivity index (χ2v) is 6.30. The van der Waals surface area contributed by atoms with Crippen molar-refractivity contribution < 1.29 is 9.18 Å². The molecule has 2 aromatic rings. The Hall–Kier alpha value is -2.14. The van der Waals surface area contributed by atoms with E-state index < -0.39 is 11.2 Å². The lowest BCUT2D eigenvalue weighted by Gasteiger charge is -2.17. The van der Waals surface area contributed by atoms with Crippen LogP contribution >= 0.6 is 11.6 Å². The highest BCUT2D eigenvalue weighted by atomic mass is 35.5. The zero-order chi connectivity index (χ0) is 16.3. The molecule has 1 aromatic carbocycles. The van der Waals surface area contributed by atoms with Gasteiger partial charge in [0.2, 0.25) is 5.91 Å². The van der Waals surface area contributed by atoms with E-state index in [1.165, 1.54) is 12.1 Å². The standard InChI is InChI=1S/C16H17ClFN3O/c1-16(2,3)15(22)21-11-5-7-14(19-9-11)20-10-4-6-13(18)12(17)8-10/h4-9H,1-3H3,(H,19,20)(H,21,22). The molecule has 0 aliphatic heterocycles. The van der Waals surface area contributed by atoms with Crippen LogP contribution in [0.15, 0.2) is 36.5 Å². The lowest BCUT2D eigenvalue weighted by molar-refractivity contribution is -0.123. The highest BCUT2D eigenvalue weighted by Crippen LogP contribution is 2.23. The Morgan fingerprint density at radius 1 is 1.18 bits per heavy atom. The van der Waals surface area contributed by atoms with E-state index in [4.69, 9.17) is 11.6 Å². The zero-order valence-corrected chi connectivity index (χ0v) is 13.3. The molecule has 0 aliphatic carbocycles. The molecule has 0 atom stereocenters. The molecule has 22 heavy (non-hydrogen) atoms. The Morgan fingerprint density at radius 2 is 1.86 bits per heavy atom. The Labute approximate surface area is 133 Å². The van der Waals surface area contributed by atoms with Gasteiger partial charge in [-0.15, -0.1) is 0 Å². The molecule has 4 nitrogen and oxygen atoms in total. The van der Waals surface area contributed by atoms with E-state index in [0.717, 1.165) is 0 Å². The zero-order valence-electron chi connectivity index (χ0n) is 12.6. The molecule has 1 amide bonds. The Bertz CT molecular complexity index is 681. The van der Waals surface area contributed by atoms with Crippen LogP contribution in [0.25, 0.3) is 0 Å². The van der Waals surface area contributed by atoms with Crippen LogP contribution in [0, 0.1) is 11.2 Å². The normalized spacial score (nSPS) is 11.1. The summed E-state index contributed by atoms with van der Waals surface area (Å²) in [6, 6.07) is 7.79. The van der Waals surface area contributed by atoms with Crippen LogP contribution in [-0.4, -0.2) is 10.9 Å². The molecule has 2 N–H and O–H groups in total. The summed E-state index contributed by atoms with van der Waals surface area (Å²) in [6.07, 6.45) is 1.55. The maximum absolute atomic E-state index is 13.1. The quantitative estimate of drug-likeness (QED) is 0.868. The number of pyridine rings is 1. The molecule has 0 fully saturated rings. The molecule has 0 saturated heterocycles. The summed E-state index contributed by atoms with van der Waals surface area (Å²) in [6.45, 7) is 5.51. The van der Waals surface area contributed by atoms with Crippen molar-refractivity contribution in [2.75, 3.05) is 10.6 Å². The van der Waals surface area contributed by atoms with Gasteiger partial charge in [0.25, 0.3) is 0 Å². The number of aromatic nitrogens is 1. The molecule has 0 aliphatic rings. The number of carbonyl (C=O) groups excluding carboxylic acids is 1. The van der Waals surface area contributed by atoms with Gasteiger partial charge in [-0.2, -0.15) is 0 Å². The number of halogens is 2. The summed E-state index contributed by atoms with van der Waals surface area (Å²) in [4.78, 5) is 16.1. The van der Waals surface area contributed by atoms with E-state index in [0.29, 0.717) is 17.2 Å². The number of amides is 1. The molecule has 1 aromatic heterocycles. The molecule has 6 heteroatoms. The average molecular weight is 322 g/mol. The minimum Gasteiger partial charge on any atom is -0.340 e. The number of nitrogens with zero attached hydrogens (tertiary/aromatic N) is 1. The number of hydrogen-bond donors (Lipinski definition) is 2. The number of nitrogens with one attached hydrogen (secondary N) is 2. The first kappa shape index (κ1) is 16.2. The second-order valence-electron chi connectivity index (χ2n) is 5.89. The fourth-order valence-corrected chi connectivity index (χ4v) is 1.76. The summed E-state index contributed by atoms with van der Waals surface area (Å²) in [7, 11) is 0. The molecule has 2 rings (SSSR count). The van der Waals surface area contributed by atoms with Crippen molar-refractivity contribution in [1.29, 1.82) is 0 Å². The Balaban J connectivity index is 2.06. The molecule has 0 radical (unpaired) electrons. The minimum atomic E-state index is -0.472. The Morgan fingerprint density at radius 3 is 2.41 bits per heavy atom. The number of rotatable bonds is 3. The Kier molecular flexibility index (Phi) is 4.66. The predicted molar refractivity (Wildman–Crippen MR) is 87.0 cm³/mol. The third-order valence-corrected chi connectivity index (χ3v) is 3.18. The van der Waals surface area contributed by atoms with Crippen molar-refractivity contribution in [1.82, 2.24) is 4.98 Å². The van der Waals surface area contributed by atoms with Crippen LogP contribution < -0.4 is 10.6 Å². The maximum Gasteiger partial charge on any atom is 0.229 e. The van der Waals surface area contributed by atoms with Crippen LogP contribution in [-0.2, 0) is 4.79 Å². The molecular formula is C16H17ClFN3O. The molecule has 0 unspecified atom stereocenters. The summed E-state index contributed by atoms with van der Waals surface area (Å²) in [5.41, 5.74) is 0.773. The van der Waals surface area contributed by atoms with Gasteiger partial charge >= 0.3 is 0 Å². The molecule has 0 spiro atoms. The first-order chi connectivity index (χ1) is 10.3. The molecule has 0 bridgehead atoms. The van der Waals surface area contributed by atoms with E-state index in [-0.39, 0.29) is 10.9 Å². The van der Waals surface area contributed by atoms with Gasteiger partial charge in [-0.1, -0.05) is 32.4 Å². The molecule has 116 valence electrons. The number of anilines is 3. The second kappa shape index (κ2) is 6.32. The summed E-state index contributed by atoms with van der Waals surface area (Å²) in [5, 5.41) is 5.84. The van der Waals surface area contributed by atoms with Gasteiger partial charge in [0.05, 0.1) is 16.9 Å².